The fourth-order valence-electron chi connectivity index (χ4n) is 3.54. The number of hydrogen-bond donors (Lipinski definition) is 1. The van der Waals surface area contributed by atoms with Crippen LogP contribution in [0.5, 0.6) is 0 Å². The van der Waals surface area contributed by atoms with E-state index in [2.05, 4.69) is 9.97 Å². The minimum Gasteiger partial charge on any atom is -0.331 e. The van der Waals surface area contributed by atoms with Crippen molar-refractivity contribution in [3.8, 4) is 16.1 Å². The summed E-state index contributed by atoms with van der Waals surface area (Å²) < 4.78 is 15.8. The summed E-state index contributed by atoms with van der Waals surface area (Å²) in [6, 6.07) is 14.3. The molecule has 0 fully saturated rings. The van der Waals surface area contributed by atoms with Crippen LogP contribution in [0.3, 0.4) is 0 Å². The monoisotopic (exact) mass is 419 g/mol. The Labute approximate surface area is 173 Å². The van der Waals surface area contributed by atoms with Gasteiger partial charge in [0.1, 0.15) is 10.5 Å². The van der Waals surface area contributed by atoms with Gasteiger partial charge in [-0.25, -0.2) is 8.96 Å². The number of benzene rings is 2. The Kier molecular flexibility index (Phi) is 4.15. The van der Waals surface area contributed by atoms with Gasteiger partial charge >= 0.3 is 0 Å². The molecular formula is C22H14FN3OS2. The zero-order valence-corrected chi connectivity index (χ0v) is 16.9. The third kappa shape index (κ3) is 2.90. The molecule has 0 aliphatic carbocycles. The van der Waals surface area contributed by atoms with Gasteiger partial charge in [-0.05, 0) is 48.5 Å². The number of thiophene rings is 1. The maximum Gasteiger partial charge on any atom is 0.276 e. The van der Waals surface area contributed by atoms with Crippen LogP contribution in [0.2, 0.25) is 0 Å². The van der Waals surface area contributed by atoms with Crippen molar-refractivity contribution in [2.75, 3.05) is 0 Å². The topological polar surface area (TPSA) is 50.7 Å². The first-order valence-corrected chi connectivity index (χ1v) is 10.1. The highest BCUT2D eigenvalue weighted by molar-refractivity contribution is 7.71. The molecule has 3 heterocycles. The lowest BCUT2D eigenvalue weighted by Crippen LogP contribution is -2.19. The number of nitrogens with one attached hydrogen (secondary N) is 1. The van der Waals surface area contributed by atoms with Gasteiger partial charge in [0.05, 0.1) is 17.4 Å². The first-order chi connectivity index (χ1) is 14.0. The maximum atomic E-state index is 13.5. The molecule has 0 radical (unpaired) electrons. The van der Waals surface area contributed by atoms with E-state index in [4.69, 9.17) is 12.2 Å². The van der Waals surface area contributed by atoms with Crippen LogP contribution in [0.15, 0.2) is 65.7 Å². The lowest BCUT2D eigenvalue weighted by atomic mass is 10.1. The van der Waals surface area contributed by atoms with Crippen LogP contribution in [-0.4, -0.2) is 14.5 Å². The molecule has 142 valence electrons. The smallest absolute Gasteiger partial charge is 0.276 e. The average molecular weight is 420 g/mol. The first kappa shape index (κ1) is 17.9. The van der Waals surface area contributed by atoms with Crippen molar-refractivity contribution in [2.45, 2.75) is 6.92 Å². The molecule has 0 spiro atoms. The summed E-state index contributed by atoms with van der Waals surface area (Å²) in [6.07, 6.45) is 3.41. The number of nitrogens with zero attached hydrogens (tertiary/aromatic N) is 2. The number of H-pyrrole nitrogens is 1. The highest BCUT2D eigenvalue weighted by Gasteiger charge is 2.15. The van der Waals surface area contributed by atoms with Crippen molar-refractivity contribution >= 4 is 44.5 Å². The van der Waals surface area contributed by atoms with Crippen molar-refractivity contribution in [3.63, 3.8) is 0 Å². The molecule has 1 N–H and O–H groups in total. The summed E-state index contributed by atoms with van der Waals surface area (Å²) >= 11 is 6.88. The first-order valence-electron chi connectivity index (χ1n) is 8.91. The minimum absolute atomic E-state index is 0.196. The number of pyridine rings is 1. The summed E-state index contributed by atoms with van der Waals surface area (Å²) in [5, 5.41) is 1.83. The molecule has 0 aliphatic rings. The van der Waals surface area contributed by atoms with Gasteiger partial charge < -0.3 is 4.98 Å². The van der Waals surface area contributed by atoms with Gasteiger partial charge in [-0.2, -0.15) is 0 Å². The van der Waals surface area contributed by atoms with Gasteiger partial charge in [0.2, 0.25) is 0 Å². The summed E-state index contributed by atoms with van der Waals surface area (Å²) in [5.74, 6) is -0.280. The van der Waals surface area contributed by atoms with Crippen LogP contribution in [-0.2, 0) is 0 Å². The molecule has 0 aliphatic heterocycles. The number of aromatic amines is 1. The van der Waals surface area contributed by atoms with Crippen LogP contribution in [0, 0.1) is 17.5 Å². The second kappa shape index (κ2) is 6.72. The average Bonchev–Trinajstić information content (AvgIpc) is 3.12. The van der Waals surface area contributed by atoms with E-state index in [0.717, 1.165) is 26.8 Å². The molecule has 29 heavy (non-hydrogen) atoms. The molecule has 4 nitrogen and oxygen atoms in total. The maximum absolute atomic E-state index is 13.5. The van der Waals surface area contributed by atoms with Gasteiger partial charge in [0.15, 0.2) is 4.77 Å². The van der Waals surface area contributed by atoms with Crippen molar-refractivity contribution in [1.82, 2.24) is 14.5 Å². The molecule has 7 heteroatoms. The van der Waals surface area contributed by atoms with Crippen LogP contribution >= 0.6 is 23.6 Å². The van der Waals surface area contributed by atoms with E-state index in [-0.39, 0.29) is 11.4 Å². The SMILES string of the molecule is Cc1cc(F)ccc1-c1cc2[nH]c(=S)n(-c3cncc4ccccc34)c(=O)c2s1. The third-order valence-corrected chi connectivity index (χ3v) is 6.36. The highest BCUT2D eigenvalue weighted by atomic mass is 32.1. The second-order valence-corrected chi connectivity index (χ2v) is 8.20. The Bertz CT molecular complexity index is 1530. The molecule has 5 aromatic rings. The Morgan fingerprint density at radius 3 is 2.79 bits per heavy atom. The zero-order chi connectivity index (χ0) is 20.1. The largest absolute Gasteiger partial charge is 0.331 e. The lowest BCUT2D eigenvalue weighted by Gasteiger charge is -2.09. The summed E-state index contributed by atoms with van der Waals surface area (Å²) in [4.78, 5) is 21.7. The lowest BCUT2D eigenvalue weighted by molar-refractivity contribution is 0.627. The van der Waals surface area contributed by atoms with Crippen LogP contribution in [0.1, 0.15) is 5.56 Å². The summed E-state index contributed by atoms with van der Waals surface area (Å²) in [5.41, 5.74) is 2.83. The fraction of sp³-hybridized carbons (Fsp3) is 0.0455. The van der Waals surface area contributed by atoms with Gasteiger partial charge in [0, 0.05) is 21.8 Å². The molecule has 0 unspecified atom stereocenters. The minimum atomic E-state index is -0.280. The van der Waals surface area contributed by atoms with Gasteiger partial charge in [-0.15, -0.1) is 11.3 Å². The summed E-state index contributed by atoms with van der Waals surface area (Å²) in [6.45, 7) is 1.85. The van der Waals surface area contributed by atoms with E-state index in [1.54, 1.807) is 18.5 Å². The number of rotatable bonds is 2. The number of aryl methyl sites for hydroxylation is 1. The predicted molar refractivity (Wildman–Crippen MR) is 118 cm³/mol. The molecule has 0 saturated heterocycles. The van der Waals surface area contributed by atoms with Gasteiger partial charge in [-0.1, -0.05) is 30.3 Å². The molecule has 5 rings (SSSR count). The van der Waals surface area contributed by atoms with E-state index in [0.29, 0.717) is 20.7 Å². The number of fused-ring (bicyclic) bond motifs is 2. The summed E-state index contributed by atoms with van der Waals surface area (Å²) in [7, 11) is 0. The molecule has 2 aromatic carbocycles. The van der Waals surface area contributed by atoms with Crippen LogP contribution < -0.4 is 5.56 Å². The van der Waals surface area contributed by atoms with Gasteiger partial charge in [0.25, 0.3) is 5.56 Å². The van der Waals surface area contributed by atoms with Crippen molar-refractivity contribution in [3.05, 3.63) is 87.4 Å². The number of hydrogen-bond acceptors (Lipinski definition) is 4. The second-order valence-electron chi connectivity index (χ2n) is 6.76. The molecule has 0 amide bonds. The molecule has 0 bridgehead atoms. The van der Waals surface area contributed by atoms with Crippen molar-refractivity contribution in [1.29, 1.82) is 0 Å². The van der Waals surface area contributed by atoms with Gasteiger partial charge in [-0.3, -0.25) is 9.78 Å². The Hall–Kier alpha value is -3.16. The van der Waals surface area contributed by atoms with Crippen molar-refractivity contribution < 1.29 is 4.39 Å². The third-order valence-electron chi connectivity index (χ3n) is 4.92. The number of aromatic nitrogens is 3. The zero-order valence-electron chi connectivity index (χ0n) is 15.3. The number of halogens is 1. The standard InChI is InChI=1S/C22H14FN3OS2/c1-12-8-14(23)6-7-15(12)19-9-17-20(29-19)21(27)26(22(28)25-17)18-11-24-10-13-4-2-3-5-16(13)18/h2-11H,1H3,(H,25,28). The van der Waals surface area contributed by atoms with E-state index in [1.165, 1.54) is 28.0 Å². The predicted octanol–water partition coefficient (Wildman–Crippen LogP) is 5.77. The Morgan fingerprint density at radius 2 is 1.97 bits per heavy atom. The van der Waals surface area contributed by atoms with E-state index in [9.17, 15) is 9.18 Å². The Morgan fingerprint density at radius 1 is 1.14 bits per heavy atom. The molecule has 3 aromatic heterocycles. The molecular weight excluding hydrogens is 405 g/mol. The molecule has 0 atom stereocenters. The van der Waals surface area contributed by atoms with Crippen molar-refractivity contribution in [2.24, 2.45) is 0 Å². The Balaban J connectivity index is 1.79. The van der Waals surface area contributed by atoms with E-state index >= 15 is 0 Å². The van der Waals surface area contributed by atoms with Crippen LogP contribution in [0.4, 0.5) is 4.39 Å². The quantitative estimate of drug-likeness (QED) is 0.370. The van der Waals surface area contributed by atoms with E-state index < -0.39 is 0 Å². The normalized spacial score (nSPS) is 11.4. The highest BCUT2D eigenvalue weighted by Crippen LogP contribution is 2.33. The van der Waals surface area contributed by atoms with Crippen LogP contribution in [0.25, 0.3) is 37.1 Å². The fourth-order valence-corrected chi connectivity index (χ4v) is 4.97. The molecule has 0 saturated carbocycles. The van der Waals surface area contributed by atoms with E-state index in [1.807, 2.05) is 37.3 Å².